The molecule has 22 heavy (non-hydrogen) atoms. The third-order valence-corrected chi connectivity index (χ3v) is 3.60. The SMILES string of the molecule is COc1cccc2c(=O)c(C#N)cn(Cc3ccccc3)c12. The van der Waals surface area contributed by atoms with Crippen LogP contribution >= 0.6 is 0 Å². The summed E-state index contributed by atoms with van der Waals surface area (Å²) in [4.78, 5) is 12.3. The third-order valence-electron chi connectivity index (χ3n) is 3.60. The summed E-state index contributed by atoms with van der Waals surface area (Å²) in [5.74, 6) is 0.620. The van der Waals surface area contributed by atoms with Gasteiger partial charge in [0.2, 0.25) is 5.43 Å². The fourth-order valence-corrected chi connectivity index (χ4v) is 2.58. The van der Waals surface area contributed by atoms with Crippen LogP contribution in [-0.2, 0) is 6.54 Å². The lowest BCUT2D eigenvalue weighted by Crippen LogP contribution is -2.14. The van der Waals surface area contributed by atoms with Gasteiger partial charge in [0.15, 0.2) is 0 Å². The lowest BCUT2D eigenvalue weighted by atomic mass is 10.1. The largest absolute Gasteiger partial charge is 0.495 e. The molecule has 0 saturated carbocycles. The summed E-state index contributed by atoms with van der Waals surface area (Å²) in [7, 11) is 1.57. The molecule has 0 saturated heterocycles. The number of nitrogens with zero attached hydrogens (tertiary/aromatic N) is 2. The fraction of sp³-hybridized carbons (Fsp3) is 0.111. The van der Waals surface area contributed by atoms with E-state index in [9.17, 15) is 10.1 Å². The molecule has 0 spiro atoms. The summed E-state index contributed by atoms with van der Waals surface area (Å²) in [6.07, 6.45) is 1.60. The molecular formula is C18H14N2O2. The number of benzene rings is 2. The van der Waals surface area contributed by atoms with Gasteiger partial charge in [0, 0.05) is 12.7 Å². The van der Waals surface area contributed by atoms with Gasteiger partial charge in [0.25, 0.3) is 0 Å². The molecule has 0 fully saturated rings. The molecule has 4 nitrogen and oxygen atoms in total. The first kappa shape index (κ1) is 13.9. The van der Waals surface area contributed by atoms with Crippen molar-refractivity contribution >= 4 is 10.9 Å². The molecule has 0 atom stereocenters. The van der Waals surface area contributed by atoms with Crippen LogP contribution in [0.1, 0.15) is 11.1 Å². The molecule has 0 amide bonds. The van der Waals surface area contributed by atoms with Gasteiger partial charge in [-0.15, -0.1) is 0 Å². The molecule has 0 N–H and O–H groups in total. The highest BCUT2D eigenvalue weighted by atomic mass is 16.5. The second-order valence-corrected chi connectivity index (χ2v) is 4.95. The van der Waals surface area contributed by atoms with E-state index in [0.29, 0.717) is 23.2 Å². The molecule has 1 heterocycles. The van der Waals surface area contributed by atoms with E-state index in [4.69, 9.17) is 4.74 Å². The molecule has 4 heteroatoms. The summed E-state index contributed by atoms with van der Waals surface area (Å²) in [5, 5.41) is 9.70. The number of fused-ring (bicyclic) bond motifs is 1. The van der Waals surface area contributed by atoms with Crippen molar-refractivity contribution in [3.8, 4) is 11.8 Å². The monoisotopic (exact) mass is 290 g/mol. The van der Waals surface area contributed by atoms with Crippen LogP contribution in [0.25, 0.3) is 10.9 Å². The van der Waals surface area contributed by atoms with E-state index in [1.54, 1.807) is 25.4 Å². The molecular weight excluding hydrogens is 276 g/mol. The van der Waals surface area contributed by atoms with E-state index in [-0.39, 0.29) is 11.0 Å². The molecule has 3 aromatic rings. The van der Waals surface area contributed by atoms with Crippen LogP contribution in [0, 0.1) is 11.3 Å². The Balaban J connectivity index is 2.30. The van der Waals surface area contributed by atoms with Crippen molar-refractivity contribution in [2.45, 2.75) is 6.54 Å². The van der Waals surface area contributed by atoms with Gasteiger partial charge in [0.1, 0.15) is 17.4 Å². The van der Waals surface area contributed by atoms with Gasteiger partial charge in [-0.2, -0.15) is 5.26 Å². The zero-order valence-corrected chi connectivity index (χ0v) is 12.1. The number of nitriles is 1. The van der Waals surface area contributed by atoms with Crippen molar-refractivity contribution in [2.24, 2.45) is 0 Å². The van der Waals surface area contributed by atoms with Gasteiger partial charge >= 0.3 is 0 Å². The van der Waals surface area contributed by atoms with Crippen LogP contribution in [0.2, 0.25) is 0 Å². The maximum Gasteiger partial charge on any atom is 0.207 e. The lowest BCUT2D eigenvalue weighted by molar-refractivity contribution is 0.417. The van der Waals surface area contributed by atoms with E-state index < -0.39 is 0 Å². The summed E-state index contributed by atoms with van der Waals surface area (Å²) >= 11 is 0. The topological polar surface area (TPSA) is 55.0 Å². The first-order valence-electron chi connectivity index (χ1n) is 6.89. The third kappa shape index (κ3) is 2.33. The Hall–Kier alpha value is -3.06. The predicted molar refractivity (Wildman–Crippen MR) is 85.0 cm³/mol. The molecule has 0 unspecified atom stereocenters. The zero-order chi connectivity index (χ0) is 15.5. The van der Waals surface area contributed by atoms with Crippen molar-refractivity contribution in [3.05, 3.63) is 76.1 Å². The number of para-hydroxylation sites is 1. The smallest absolute Gasteiger partial charge is 0.207 e. The highest BCUT2D eigenvalue weighted by Crippen LogP contribution is 2.24. The number of aromatic nitrogens is 1. The normalized spacial score (nSPS) is 10.4. The number of methoxy groups -OCH3 is 1. The average molecular weight is 290 g/mol. The lowest BCUT2D eigenvalue weighted by Gasteiger charge is -2.14. The number of hydrogen-bond donors (Lipinski definition) is 0. The number of rotatable bonds is 3. The highest BCUT2D eigenvalue weighted by molar-refractivity contribution is 5.86. The predicted octanol–water partition coefficient (Wildman–Crippen LogP) is 2.93. The van der Waals surface area contributed by atoms with Crippen molar-refractivity contribution in [1.29, 1.82) is 5.26 Å². The Morgan fingerprint density at radius 1 is 1.14 bits per heavy atom. The minimum absolute atomic E-state index is 0.136. The standard InChI is InChI=1S/C18H14N2O2/c1-22-16-9-5-8-15-17(16)20(12-14(10-19)18(15)21)11-13-6-3-2-4-7-13/h2-9,12H,11H2,1H3. The van der Waals surface area contributed by atoms with Gasteiger partial charge < -0.3 is 9.30 Å². The second kappa shape index (κ2) is 5.74. The second-order valence-electron chi connectivity index (χ2n) is 4.95. The molecule has 1 aromatic heterocycles. The average Bonchev–Trinajstić information content (AvgIpc) is 2.57. The molecule has 0 aliphatic rings. The van der Waals surface area contributed by atoms with E-state index in [1.807, 2.05) is 47.0 Å². The van der Waals surface area contributed by atoms with Crippen molar-refractivity contribution in [3.63, 3.8) is 0 Å². The van der Waals surface area contributed by atoms with Gasteiger partial charge in [0.05, 0.1) is 18.0 Å². The Morgan fingerprint density at radius 2 is 1.91 bits per heavy atom. The van der Waals surface area contributed by atoms with Gasteiger partial charge in [-0.1, -0.05) is 36.4 Å². The van der Waals surface area contributed by atoms with Crippen molar-refractivity contribution < 1.29 is 4.74 Å². The van der Waals surface area contributed by atoms with Crippen LogP contribution in [0.15, 0.2) is 59.5 Å². The maximum absolute atomic E-state index is 12.3. The Bertz CT molecular complexity index is 921. The highest BCUT2D eigenvalue weighted by Gasteiger charge is 2.12. The van der Waals surface area contributed by atoms with E-state index in [1.165, 1.54) is 0 Å². The summed E-state index contributed by atoms with van der Waals surface area (Å²) in [6, 6.07) is 17.2. The minimum atomic E-state index is -0.263. The quantitative estimate of drug-likeness (QED) is 0.745. The van der Waals surface area contributed by atoms with Crippen molar-refractivity contribution in [1.82, 2.24) is 4.57 Å². The first-order valence-corrected chi connectivity index (χ1v) is 6.89. The molecule has 0 aliphatic heterocycles. The van der Waals surface area contributed by atoms with Gasteiger partial charge in [-0.3, -0.25) is 4.79 Å². The molecule has 0 radical (unpaired) electrons. The van der Waals surface area contributed by atoms with E-state index in [2.05, 4.69) is 0 Å². The summed E-state index contributed by atoms with van der Waals surface area (Å²) < 4.78 is 7.28. The summed E-state index contributed by atoms with van der Waals surface area (Å²) in [5.41, 5.74) is 1.66. The van der Waals surface area contributed by atoms with Crippen LogP contribution in [-0.4, -0.2) is 11.7 Å². The maximum atomic E-state index is 12.3. The van der Waals surface area contributed by atoms with Crippen molar-refractivity contribution in [2.75, 3.05) is 7.11 Å². The van der Waals surface area contributed by atoms with Crippen LogP contribution in [0.5, 0.6) is 5.75 Å². The van der Waals surface area contributed by atoms with Gasteiger partial charge in [-0.05, 0) is 17.7 Å². The van der Waals surface area contributed by atoms with Crippen LogP contribution in [0.3, 0.4) is 0 Å². The number of ether oxygens (including phenoxy) is 1. The van der Waals surface area contributed by atoms with Crippen LogP contribution in [0.4, 0.5) is 0 Å². The van der Waals surface area contributed by atoms with Crippen LogP contribution < -0.4 is 10.2 Å². The van der Waals surface area contributed by atoms with Gasteiger partial charge in [-0.25, -0.2) is 0 Å². The fourth-order valence-electron chi connectivity index (χ4n) is 2.58. The molecule has 0 aliphatic carbocycles. The van der Waals surface area contributed by atoms with E-state index >= 15 is 0 Å². The first-order chi connectivity index (χ1) is 10.7. The van der Waals surface area contributed by atoms with E-state index in [0.717, 1.165) is 5.56 Å². The Morgan fingerprint density at radius 3 is 2.59 bits per heavy atom. The summed E-state index contributed by atoms with van der Waals surface area (Å²) in [6.45, 7) is 0.562. The molecule has 3 rings (SSSR count). The molecule has 0 bridgehead atoms. The number of pyridine rings is 1. The number of hydrogen-bond acceptors (Lipinski definition) is 3. The zero-order valence-electron chi connectivity index (χ0n) is 12.1. The molecule has 108 valence electrons. The molecule has 2 aromatic carbocycles. The Labute approximate surface area is 127 Å². The Kier molecular flexibility index (Phi) is 3.63. The minimum Gasteiger partial charge on any atom is -0.495 e.